The van der Waals surface area contributed by atoms with E-state index in [1.807, 2.05) is 12.3 Å². The molecule has 2 aromatic rings. The van der Waals surface area contributed by atoms with Gasteiger partial charge in [-0.15, -0.1) is 0 Å². The largest absolute Gasteiger partial charge is 0.383 e. The minimum absolute atomic E-state index is 0.526. The van der Waals surface area contributed by atoms with Crippen LogP contribution in [0, 0.1) is 6.92 Å². The molecule has 20 heavy (non-hydrogen) atoms. The first-order valence-corrected chi connectivity index (χ1v) is 7.95. The summed E-state index contributed by atoms with van der Waals surface area (Å²) >= 11 is 1.52. The molecule has 3 rings (SSSR count). The van der Waals surface area contributed by atoms with Gasteiger partial charge in [0.1, 0.15) is 11.6 Å². The van der Waals surface area contributed by atoms with Crippen molar-refractivity contribution in [3.05, 3.63) is 35.4 Å². The van der Waals surface area contributed by atoms with Gasteiger partial charge in [-0.05, 0) is 37.7 Å². The third kappa shape index (κ3) is 2.45. The van der Waals surface area contributed by atoms with E-state index in [9.17, 15) is 0 Å². The van der Waals surface area contributed by atoms with Crippen LogP contribution in [0.3, 0.4) is 0 Å². The molecule has 2 N–H and O–H groups in total. The van der Waals surface area contributed by atoms with Crippen LogP contribution in [0.15, 0.2) is 29.4 Å². The molecule has 1 aliphatic rings. The van der Waals surface area contributed by atoms with Gasteiger partial charge in [0.05, 0.1) is 0 Å². The minimum atomic E-state index is 0.526. The topological polar surface area (TPSA) is 55.0 Å². The summed E-state index contributed by atoms with van der Waals surface area (Å²) in [5.41, 5.74) is 9.83. The molecule has 0 aliphatic carbocycles. The number of hydrogen-bond acceptors (Lipinski definition) is 5. The minimum Gasteiger partial charge on any atom is -0.383 e. The number of benzene rings is 1. The summed E-state index contributed by atoms with van der Waals surface area (Å²) in [4.78, 5) is 11.1. The second-order valence-electron chi connectivity index (χ2n) is 5.03. The Morgan fingerprint density at radius 2 is 2.10 bits per heavy atom. The Hall–Kier alpha value is -1.75. The molecule has 0 bridgehead atoms. The molecular formula is C15H18N4S. The molecule has 0 unspecified atom stereocenters. The van der Waals surface area contributed by atoms with E-state index in [0.29, 0.717) is 5.82 Å². The number of fused-ring (bicyclic) bond motifs is 1. The van der Waals surface area contributed by atoms with E-state index < -0.39 is 0 Å². The maximum atomic E-state index is 5.89. The van der Waals surface area contributed by atoms with Crippen molar-refractivity contribution < 1.29 is 0 Å². The molecule has 1 aliphatic heterocycles. The number of anilines is 3. The van der Waals surface area contributed by atoms with Crippen molar-refractivity contribution in [2.24, 2.45) is 0 Å². The lowest BCUT2D eigenvalue weighted by atomic mass is 9.99. The Labute approximate surface area is 123 Å². The molecule has 2 heterocycles. The average molecular weight is 286 g/mol. The van der Waals surface area contributed by atoms with E-state index in [1.54, 1.807) is 0 Å². The van der Waals surface area contributed by atoms with Crippen LogP contribution in [0.1, 0.15) is 17.5 Å². The molecule has 104 valence electrons. The summed E-state index contributed by atoms with van der Waals surface area (Å²) in [5.74, 6) is 1.42. The summed E-state index contributed by atoms with van der Waals surface area (Å²) in [6.07, 6.45) is 4.23. The molecule has 1 aromatic heterocycles. The van der Waals surface area contributed by atoms with Gasteiger partial charge in [-0.1, -0.05) is 29.5 Å². The number of nitrogen functional groups attached to an aromatic ring is 1. The Morgan fingerprint density at radius 1 is 1.25 bits per heavy atom. The zero-order valence-corrected chi connectivity index (χ0v) is 12.6. The number of aryl methyl sites for hydroxylation is 2. The number of thioether (sulfide) groups is 1. The van der Waals surface area contributed by atoms with Crippen LogP contribution in [0.2, 0.25) is 0 Å². The normalized spacial score (nSPS) is 14.2. The highest BCUT2D eigenvalue weighted by molar-refractivity contribution is 7.98. The van der Waals surface area contributed by atoms with Crippen LogP contribution < -0.4 is 10.6 Å². The van der Waals surface area contributed by atoms with E-state index in [1.165, 1.54) is 28.6 Å². The molecule has 4 nitrogen and oxygen atoms in total. The van der Waals surface area contributed by atoms with Crippen molar-refractivity contribution in [1.29, 1.82) is 0 Å². The van der Waals surface area contributed by atoms with Crippen LogP contribution in [0.5, 0.6) is 0 Å². The predicted molar refractivity (Wildman–Crippen MR) is 84.7 cm³/mol. The van der Waals surface area contributed by atoms with Gasteiger partial charge in [0.15, 0.2) is 5.16 Å². The molecule has 0 saturated heterocycles. The number of aromatic nitrogens is 2. The SMILES string of the molecule is CSc1nc(N)cc(N2CCCc3cc(C)ccc32)n1. The summed E-state index contributed by atoms with van der Waals surface area (Å²) in [6, 6.07) is 8.45. The second kappa shape index (κ2) is 5.32. The van der Waals surface area contributed by atoms with Gasteiger partial charge in [-0.25, -0.2) is 9.97 Å². The lowest BCUT2D eigenvalue weighted by Gasteiger charge is -2.30. The standard InChI is InChI=1S/C15H18N4S/c1-10-5-6-12-11(8-10)4-3-7-19(12)14-9-13(16)17-15(18-14)20-2/h5-6,8-9H,3-4,7H2,1-2H3,(H2,16,17,18). The first kappa shape index (κ1) is 13.2. The highest BCUT2D eigenvalue weighted by atomic mass is 32.2. The van der Waals surface area contributed by atoms with Crippen LogP contribution >= 0.6 is 11.8 Å². The molecule has 0 radical (unpaired) electrons. The monoisotopic (exact) mass is 286 g/mol. The summed E-state index contributed by atoms with van der Waals surface area (Å²) in [6.45, 7) is 3.11. The summed E-state index contributed by atoms with van der Waals surface area (Å²) in [7, 11) is 0. The van der Waals surface area contributed by atoms with E-state index in [2.05, 4.69) is 40.0 Å². The van der Waals surface area contributed by atoms with Crippen LogP contribution in [0.25, 0.3) is 0 Å². The maximum absolute atomic E-state index is 5.89. The highest BCUT2D eigenvalue weighted by Crippen LogP contribution is 2.34. The lowest BCUT2D eigenvalue weighted by molar-refractivity contribution is 0.752. The number of nitrogens with zero attached hydrogens (tertiary/aromatic N) is 3. The van der Waals surface area contributed by atoms with Gasteiger partial charge in [-0.3, -0.25) is 0 Å². The maximum Gasteiger partial charge on any atom is 0.191 e. The van der Waals surface area contributed by atoms with E-state index >= 15 is 0 Å². The number of nitrogens with two attached hydrogens (primary N) is 1. The van der Waals surface area contributed by atoms with Crippen LogP contribution in [-0.2, 0) is 6.42 Å². The Bertz CT molecular complexity index is 642. The first-order valence-electron chi connectivity index (χ1n) is 6.73. The van der Waals surface area contributed by atoms with Crippen molar-refractivity contribution in [2.45, 2.75) is 24.9 Å². The Kier molecular flexibility index (Phi) is 3.53. The van der Waals surface area contributed by atoms with Gasteiger partial charge in [0.25, 0.3) is 0 Å². The van der Waals surface area contributed by atoms with Crippen LogP contribution in [-0.4, -0.2) is 22.8 Å². The summed E-state index contributed by atoms with van der Waals surface area (Å²) < 4.78 is 0. The average Bonchev–Trinajstić information content (AvgIpc) is 2.45. The molecule has 0 spiro atoms. The second-order valence-corrected chi connectivity index (χ2v) is 5.80. The quantitative estimate of drug-likeness (QED) is 0.679. The van der Waals surface area contributed by atoms with E-state index in [0.717, 1.165) is 30.4 Å². The van der Waals surface area contributed by atoms with E-state index in [-0.39, 0.29) is 0 Å². The fraction of sp³-hybridized carbons (Fsp3) is 0.333. The third-order valence-electron chi connectivity index (χ3n) is 3.52. The van der Waals surface area contributed by atoms with Crippen molar-refractivity contribution >= 4 is 29.1 Å². The number of hydrogen-bond donors (Lipinski definition) is 1. The van der Waals surface area contributed by atoms with Gasteiger partial charge < -0.3 is 10.6 Å². The molecule has 0 amide bonds. The molecule has 5 heteroatoms. The Morgan fingerprint density at radius 3 is 2.90 bits per heavy atom. The zero-order chi connectivity index (χ0) is 14.1. The zero-order valence-electron chi connectivity index (χ0n) is 11.8. The molecular weight excluding hydrogens is 268 g/mol. The molecule has 0 saturated carbocycles. The van der Waals surface area contributed by atoms with Crippen molar-refractivity contribution in [2.75, 3.05) is 23.4 Å². The van der Waals surface area contributed by atoms with Crippen molar-refractivity contribution in [3.8, 4) is 0 Å². The van der Waals surface area contributed by atoms with Gasteiger partial charge in [-0.2, -0.15) is 0 Å². The molecule has 1 aromatic carbocycles. The van der Waals surface area contributed by atoms with Gasteiger partial charge in [0, 0.05) is 18.3 Å². The van der Waals surface area contributed by atoms with E-state index in [4.69, 9.17) is 5.73 Å². The highest BCUT2D eigenvalue weighted by Gasteiger charge is 2.20. The fourth-order valence-electron chi connectivity index (χ4n) is 2.62. The Balaban J connectivity index is 2.06. The lowest BCUT2D eigenvalue weighted by Crippen LogP contribution is -2.25. The smallest absolute Gasteiger partial charge is 0.191 e. The third-order valence-corrected chi connectivity index (χ3v) is 4.07. The molecule has 0 atom stereocenters. The number of rotatable bonds is 2. The van der Waals surface area contributed by atoms with Crippen LogP contribution in [0.4, 0.5) is 17.3 Å². The van der Waals surface area contributed by atoms with Crippen molar-refractivity contribution in [1.82, 2.24) is 9.97 Å². The fourth-order valence-corrected chi connectivity index (χ4v) is 3.01. The van der Waals surface area contributed by atoms with Crippen molar-refractivity contribution in [3.63, 3.8) is 0 Å². The van der Waals surface area contributed by atoms with Gasteiger partial charge in [0.2, 0.25) is 0 Å². The van der Waals surface area contributed by atoms with Gasteiger partial charge >= 0.3 is 0 Å². The predicted octanol–water partition coefficient (Wildman–Crippen LogP) is 3.17. The summed E-state index contributed by atoms with van der Waals surface area (Å²) in [5, 5.41) is 0.722. The molecule has 0 fully saturated rings. The first-order chi connectivity index (χ1) is 9.67.